The summed E-state index contributed by atoms with van der Waals surface area (Å²) < 4.78 is 1.69. The van der Waals surface area contributed by atoms with Gasteiger partial charge < -0.3 is 19.4 Å². The summed E-state index contributed by atoms with van der Waals surface area (Å²) in [4.78, 5) is 25.4. The molecule has 4 aromatic rings. The van der Waals surface area contributed by atoms with Crippen molar-refractivity contribution >= 4 is 28.3 Å². The highest BCUT2D eigenvalue weighted by molar-refractivity contribution is 6.30. The number of hydrogen-bond donors (Lipinski definition) is 1. The zero-order valence-corrected chi connectivity index (χ0v) is 18.1. The van der Waals surface area contributed by atoms with Crippen LogP contribution >= 0.6 is 11.6 Å². The van der Waals surface area contributed by atoms with E-state index in [1.165, 1.54) is 0 Å². The number of pyridine rings is 2. The van der Waals surface area contributed by atoms with Crippen molar-refractivity contribution in [2.75, 3.05) is 38.1 Å². The van der Waals surface area contributed by atoms with E-state index in [9.17, 15) is 4.79 Å². The molecule has 0 saturated carbocycles. The van der Waals surface area contributed by atoms with Gasteiger partial charge in [0.1, 0.15) is 5.65 Å². The van der Waals surface area contributed by atoms with Crippen molar-refractivity contribution in [3.05, 3.63) is 82.0 Å². The van der Waals surface area contributed by atoms with E-state index in [1.54, 1.807) is 10.6 Å². The Morgan fingerprint density at radius 2 is 1.94 bits per heavy atom. The minimum Gasteiger partial charge on any atom is -0.368 e. The molecule has 0 radical (unpaired) electrons. The van der Waals surface area contributed by atoms with Crippen LogP contribution in [0.15, 0.2) is 65.8 Å². The standard InChI is InChI=1S/C24H24ClN5O/c1-28-7-9-29(10-8-28)20-13-21-22(15-27-24(21)26-14-20)18-5-6-30(23(31)12-18)16-17-3-2-4-19(25)11-17/h2-6,11-15H,7-10,16H2,1H3,(H,26,27). The molecule has 0 amide bonds. The molecule has 5 rings (SSSR count). The first-order valence-corrected chi connectivity index (χ1v) is 10.8. The predicted molar refractivity (Wildman–Crippen MR) is 126 cm³/mol. The van der Waals surface area contributed by atoms with Crippen molar-refractivity contribution in [3.63, 3.8) is 0 Å². The number of rotatable bonds is 4. The fourth-order valence-corrected chi connectivity index (χ4v) is 4.32. The first kappa shape index (κ1) is 19.8. The molecule has 1 fully saturated rings. The Balaban J connectivity index is 1.45. The second-order valence-electron chi connectivity index (χ2n) is 8.09. The summed E-state index contributed by atoms with van der Waals surface area (Å²) in [6.07, 6.45) is 5.70. The maximum Gasteiger partial charge on any atom is 0.251 e. The Bertz CT molecular complexity index is 1290. The minimum atomic E-state index is -0.0463. The highest BCUT2D eigenvalue weighted by atomic mass is 35.5. The molecule has 4 heterocycles. The quantitative estimate of drug-likeness (QED) is 0.531. The third-order valence-corrected chi connectivity index (χ3v) is 6.17. The number of halogens is 1. The Labute approximate surface area is 185 Å². The van der Waals surface area contributed by atoms with Crippen LogP contribution in [0, 0.1) is 0 Å². The lowest BCUT2D eigenvalue weighted by atomic mass is 10.1. The number of fused-ring (bicyclic) bond motifs is 1. The van der Waals surface area contributed by atoms with Gasteiger partial charge in [0, 0.05) is 60.6 Å². The van der Waals surface area contributed by atoms with Gasteiger partial charge in [-0.15, -0.1) is 0 Å². The van der Waals surface area contributed by atoms with E-state index in [-0.39, 0.29) is 5.56 Å². The molecular weight excluding hydrogens is 410 g/mol. The Morgan fingerprint density at radius 3 is 2.71 bits per heavy atom. The Morgan fingerprint density at radius 1 is 1.10 bits per heavy atom. The number of hydrogen-bond acceptors (Lipinski definition) is 4. The lowest BCUT2D eigenvalue weighted by Gasteiger charge is -2.33. The summed E-state index contributed by atoms with van der Waals surface area (Å²) in [7, 11) is 2.15. The summed E-state index contributed by atoms with van der Waals surface area (Å²) in [5, 5.41) is 1.70. The number of piperazine rings is 1. The SMILES string of the molecule is CN1CCN(c2cnc3[nH]cc(-c4ccn(Cc5cccc(Cl)c5)c(=O)c4)c3c2)CC1. The average Bonchev–Trinajstić information content (AvgIpc) is 3.19. The van der Waals surface area contributed by atoms with Crippen LogP contribution in [0.2, 0.25) is 5.02 Å². The van der Waals surface area contributed by atoms with Crippen LogP contribution in [0.3, 0.4) is 0 Å². The molecule has 3 aromatic heterocycles. The van der Waals surface area contributed by atoms with Crippen LogP contribution in [0.4, 0.5) is 5.69 Å². The number of anilines is 1. The van der Waals surface area contributed by atoms with Gasteiger partial charge in [-0.2, -0.15) is 0 Å². The number of benzene rings is 1. The van der Waals surface area contributed by atoms with Crippen molar-refractivity contribution < 1.29 is 0 Å². The molecule has 0 bridgehead atoms. The molecule has 1 aromatic carbocycles. The van der Waals surface area contributed by atoms with Gasteiger partial charge in [-0.1, -0.05) is 23.7 Å². The van der Waals surface area contributed by atoms with Crippen molar-refractivity contribution in [3.8, 4) is 11.1 Å². The van der Waals surface area contributed by atoms with Crippen molar-refractivity contribution in [1.82, 2.24) is 19.4 Å². The lowest BCUT2D eigenvalue weighted by molar-refractivity contribution is 0.313. The second kappa shape index (κ2) is 8.21. The number of likely N-dealkylation sites (N-methyl/N-ethyl adjacent to an activating group) is 1. The summed E-state index contributed by atoms with van der Waals surface area (Å²) in [5.74, 6) is 0. The third kappa shape index (κ3) is 4.09. The van der Waals surface area contributed by atoms with Gasteiger partial charge >= 0.3 is 0 Å². The average molecular weight is 434 g/mol. The molecule has 7 heteroatoms. The van der Waals surface area contributed by atoms with Crippen LogP contribution in [0.1, 0.15) is 5.56 Å². The van der Waals surface area contributed by atoms with Crippen LogP contribution in [0.25, 0.3) is 22.2 Å². The van der Waals surface area contributed by atoms with Gasteiger partial charge in [0.15, 0.2) is 0 Å². The van der Waals surface area contributed by atoms with Gasteiger partial charge in [0.05, 0.1) is 18.4 Å². The summed E-state index contributed by atoms with van der Waals surface area (Å²) >= 11 is 6.07. The maximum atomic E-state index is 12.8. The molecule has 0 unspecified atom stereocenters. The van der Waals surface area contributed by atoms with Crippen LogP contribution in [-0.4, -0.2) is 52.7 Å². The number of aromatic amines is 1. The van der Waals surface area contributed by atoms with Crippen LogP contribution in [-0.2, 0) is 6.54 Å². The van der Waals surface area contributed by atoms with Crippen molar-refractivity contribution in [2.45, 2.75) is 6.54 Å². The van der Waals surface area contributed by atoms with E-state index < -0.39 is 0 Å². The fraction of sp³-hybridized carbons (Fsp3) is 0.250. The molecule has 1 aliphatic rings. The highest BCUT2D eigenvalue weighted by Gasteiger charge is 2.16. The van der Waals surface area contributed by atoms with Gasteiger partial charge in [-0.25, -0.2) is 4.98 Å². The zero-order chi connectivity index (χ0) is 21.4. The molecule has 1 N–H and O–H groups in total. The van der Waals surface area contributed by atoms with E-state index in [2.05, 4.69) is 32.9 Å². The topological polar surface area (TPSA) is 57.2 Å². The van der Waals surface area contributed by atoms with E-state index in [4.69, 9.17) is 11.6 Å². The van der Waals surface area contributed by atoms with Gasteiger partial charge in [0.25, 0.3) is 5.56 Å². The number of H-pyrrole nitrogens is 1. The third-order valence-electron chi connectivity index (χ3n) is 5.93. The highest BCUT2D eigenvalue weighted by Crippen LogP contribution is 2.30. The number of nitrogens with one attached hydrogen (secondary N) is 1. The lowest BCUT2D eigenvalue weighted by Crippen LogP contribution is -2.44. The normalized spacial score (nSPS) is 15.0. The number of aromatic nitrogens is 3. The second-order valence-corrected chi connectivity index (χ2v) is 8.53. The molecule has 0 aliphatic carbocycles. The van der Waals surface area contributed by atoms with Crippen LogP contribution in [0.5, 0.6) is 0 Å². The minimum absolute atomic E-state index is 0.0463. The molecule has 0 atom stereocenters. The van der Waals surface area contributed by atoms with E-state index >= 15 is 0 Å². The number of nitrogens with zero attached hydrogens (tertiary/aromatic N) is 4. The Kier molecular flexibility index (Phi) is 5.26. The smallest absolute Gasteiger partial charge is 0.251 e. The van der Waals surface area contributed by atoms with Crippen LogP contribution < -0.4 is 10.5 Å². The van der Waals surface area contributed by atoms with Gasteiger partial charge in [-0.05, 0) is 42.4 Å². The summed E-state index contributed by atoms with van der Waals surface area (Å²) in [6.45, 7) is 4.56. The fourth-order valence-electron chi connectivity index (χ4n) is 4.11. The maximum absolute atomic E-state index is 12.8. The van der Waals surface area contributed by atoms with Gasteiger partial charge in [0.2, 0.25) is 0 Å². The molecule has 1 aliphatic heterocycles. The monoisotopic (exact) mass is 433 g/mol. The molecule has 0 spiro atoms. The first-order valence-electron chi connectivity index (χ1n) is 10.4. The van der Waals surface area contributed by atoms with E-state index in [0.29, 0.717) is 11.6 Å². The molecule has 1 saturated heterocycles. The molecule has 31 heavy (non-hydrogen) atoms. The molecule has 6 nitrogen and oxygen atoms in total. The van der Waals surface area contributed by atoms with E-state index in [1.807, 2.05) is 48.9 Å². The van der Waals surface area contributed by atoms with Gasteiger partial charge in [-0.3, -0.25) is 4.79 Å². The zero-order valence-electron chi connectivity index (χ0n) is 17.4. The van der Waals surface area contributed by atoms with Crippen molar-refractivity contribution in [1.29, 1.82) is 0 Å². The molecular formula is C24H24ClN5O. The predicted octanol–water partition coefficient (Wildman–Crippen LogP) is 3.85. The Hall–Kier alpha value is -3.09. The van der Waals surface area contributed by atoms with E-state index in [0.717, 1.165) is 59.6 Å². The summed E-state index contributed by atoms with van der Waals surface area (Å²) in [5.41, 5.74) is 4.78. The van der Waals surface area contributed by atoms with Crippen molar-refractivity contribution in [2.24, 2.45) is 0 Å². The first-order chi connectivity index (χ1) is 15.1. The summed E-state index contributed by atoms with van der Waals surface area (Å²) in [6, 6.07) is 13.4. The largest absolute Gasteiger partial charge is 0.368 e. The molecule has 158 valence electrons.